The summed E-state index contributed by atoms with van der Waals surface area (Å²) in [6.07, 6.45) is 1.90. The Hall–Kier alpha value is -2.64. The van der Waals surface area contributed by atoms with Crippen molar-refractivity contribution >= 4 is 40.9 Å². The first-order chi connectivity index (χ1) is 15.9. The van der Waals surface area contributed by atoms with Gasteiger partial charge in [-0.3, -0.25) is 14.4 Å². The van der Waals surface area contributed by atoms with Crippen LogP contribution < -0.4 is 0 Å². The van der Waals surface area contributed by atoms with Crippen LogP contribution in [0.25, 0.3) is 0 Å². The van der Waals surface area contributed by atoms with Gasteiger partial charge in [0.25, 0.3) is 11.8 Å². The van der Waals surface area contributed by atoms with E-state index in [2.05, 4.69) is 0 Å². The molecule has 3 amide bonds. The monoisotopic (exact) mass is 491 g/mol. The Kier molecular flexibility index (Phi) is 7.20. The molecule has 2 saturated heterocycles. The lowest BCUT2D eigenvalue weighted by Crippen LogP contribution is -2.49. The van der Waals surface area contributed by atoms with Crippen molar-refractivity contribution in [3.05, 3.63) is 69.5 Å². The van der Waals surface area contributed by atoms with Crippen molar-refractivity contribution in [1.82, 2.24) is 14.7 Å². The predicted molar refractivity (Wildman–Crippen MR) is 124 cm³/mol. The van der Waals surface area contributed by atoms with E-state index in [0.29, 0.717) is 56.2 Å². The summed E-state index contributed by atoms with van der Waals surface area (Å²) in [5.74, 6) is -1.31. The summed E-state index contributed by atoms with van der Waals surface area (Å²) in [5.41, 5.74) is 0.424. The average molecular weight is 492 g/mol. The Morgan fingerprint density at radius 2 is 1.55 bits per heavy atom. The molecule has 1 unspecified atom stereocenters. The molecule has 2 aliphatic heterocycles. The fourth-order valence-electron chi connectivity index (χ4n) is 4.42. The van der Waals surface area contributed by atoms with Gasteiger partial charge >= 0.3 is 0 Å². The lowest BCUT2D eigenvalue weighted by Gasteiger charge is -2.30. The van der Waals surface area contributed by atoms with E-state index in [-0.39, 0.29) is 28.3 Å². The van der Waals surface area contributed by atoms with Gasteiger partial charge in [-0.2, -0.15) is 0 Å². The highest BCUT2D eigenvalue weighted by molar-refractivity contribution is 6.42. The molecule has 1 atom stereocenters. The number of hydrogen-bond donors (Lipinski definition) is 0. The average Bonchev–Trinajstić information content (AvgIpc) is 3.17. The molecule has 2 aromatic carbocycles. The van der Waals surface area contributed by atoms with Crippen LogP contribution in [0.4, 0.5) is 4.39 Å². The molecule has 2 aliphatic rings. The van der Waals surface area contributed by atoms with Crippen LogP contribution in [-0.2, 0) is 4.79 Å². The Labute approximate surface area is 201 Å². The van der Waals surface area contributed by atoms with Crippen molar-refractivity contribution in [1.29, 1.82) is 0 Å². The molecule has 0 saturated carbocycles. The van der Waals surface area contributed by atoms with Crippen molar-refractivity contribution in [3.63, 3.8) is 0 Å². The number of benzene rings is 2. The van der Waals surface area contributed by atoms with Crippen molar-refractivity contribution in [2.45, 2.75) is 25.3 Å². The Balaban J connectivity index is 1.43. The second-order valence-electron chi connectivity index (χ2n) is 8.24. The van der Waals surface area contributed by atoms with Gasteiger partial charge in [0.1, 0.15) is 11.9 Å². The quantitative estimate of drug-likeness (QED) is 0.648. The third-order valence-electron chi connectivity index (χ3n) is 6.16. The van der Waals surface area contributed by atoms with E-state index in [1.54, 1.807) is 39.0 Å². The Morgan fingerprint density at radius 3 is 2.30 bits per heavy atom. The third-order valence-corrected chi connectivity index (χ3v) is 6.90. The second-order valence-corrected chi connectivity index (χ2v) is 9.05. The smallest absolute Gasteiger partial charge is 0.256 e. The molecule has 33 heavy (non-hydrogen) atoms. The van der Waals surface area contributed by atoms with E-state index >= 15 is 0 Å². The van der Waals surface area contributed by atoms with Gasteiger partial charge in [0, 0.05) is 38.3 Å². The van der Waals surface area contributed by atoms with Gasteiger partial charge in [0.2, 0.25) is 5.91 Å². The normalized spacial score (nSPS) is 18.9. The molecule has 0 aromatic heterocycles. The van der Waals surface area contributed by atoms with Crippen molar-refractivity contribution in [3.8, 4) is 0 Å². The van der Waals surface area contributed by atoms with Gasteiger partial charge in [-0.05, 0) is 49.6 Å². The largest absolute Gasteiger partial charge is 0.339 e. The van der Waals surface area contributed by atoms with Crippen LogP contribution in [-0.4, -0.2) is 71.2 Å². The highest BCUT2D eigenvalue weighted by Crippen LogP contribution is 2.27. The van der Waals surface area contributed by atoms with Crippen molar-refractivity contribution in [2.75, 3.05) is 32.7 Å². The van der Waals surface area contributed by atoms with E-state index in [4.69, 9.17) is 23.2 Å². The van der Waals surface area contributed by atoms with Crippen LogP contribution in [0.5, 0.6) is 0 Å². The fourth-order valence-corrected chi connectivity index (χ4v) is 4.72. The molecule has 0 radical (unpaired) electrons. The van der Waals surface area contributed by atoms with E-state index in [0.717, 1.165) is 6.42 Å². The predicted octanol–water partition coefficient (Wildman–Crippen LogP) is 4.11. The zero-order chi connectivity index (χ0) is 23.5. The Morgan fingerprint density at radius 1 is 0.818 bits per heavy atom. The van der Waals surface area contributed by atoms with Gasteiger partial charge < -0.3 is 14.7 Å². The fraction of sp³-hybridized carbons (Fsp3) is 0.375. The Bertz CT molecular complexity index is 1080. The third kappa shape index (κ3) is 4.99. The molecular weight excluding hydrogens is 468 g/mol. The standard InChI is InChI=1S/C24H24Cl2FN3O3/c25-18-9-8-16(15-19(18)26)22(31)30-12-3-7-21(30)24(33)29-11-4-10-28(13-14-29)23(32)17-5-1-2-6-20(17)27/h1-2,5-6,8-9,15,21H,3-4,7,10-14H2. The molecule has 4 rings (SSSR count). The minimum Gasteiger partial charge on any atom is -0.339 e. The molecule has 2 fully saturated rings. The maximum absolute atomic E-state index is 14.0. The summed E-state index contributed by atoms with van der Waals surface area (Å²) in [4.78, 5) is 44.1. The molecule has 0 spiro atoms. The van der Waals surface area contributed by atoms with Gasteiger partial charge in [-0.15, -0.1) is 0 Å². The minimum atomic E-state index is -0.555. The van der Waals surface area contributed by atoms with Crippen LogP contribution in [0, 0.1) is 5.82 Å². The van der Waals surface area contributed by atoms with Crippen LogP contribution in [0.3, 0.4) is 0 Å². The van der Waals surface area contributed by atoms with Crippen LogP contribution in [0.2, 0.25) is 10.0 Å². The molecule has 9 heteroatoms. The van der Waals surface area contributed by atoms with Crippen molar-refractivity contribution < 1.29 is 18.8 Å². The van der Waals surface area contributed by atoms with E-state index < -0.39 is 11.9 Å². The highest BCUT2D eigenvalue weighted by atomic mass is 35.5. The summed E-state index contributed by atoms with van der Waals surface area (Å²) in [6.45, 7) is 2.05. The summed E-state index contributed by atoms with van der Waals surface area (Å²) < 4.78 is 14.0. The SMILES string of the molecule is O=C(c1ccccc1F)N1CCCN(C(=O)C2CCCN2C(=O)c2ccc(Cl)c(Cl)c2)CC1. The van der Waals surface area contributed by atoms with E-state index in [1.165, 1.54) is 18.2 Å². The number of halogens is 3. The number of nitrogens with zero attached hydrogens (tertiary/aromatic N) is 3. The lowest BCUT2D eigenvalue weighted by molar-refractivity contribution is -0.135. The van der Waals surface area contributed by atoms with Crippen LogP contribution >= 0.6 is 23.2 Å². The van der Waals surface area contributed by atoms with Gasteiger partial charge in [-0.25, -0.2) is 4.39 Å². The number of amides is 3. The maximum Gasteiger partial charge on any atom is 0.256 e. The minimum absolute atomic E-state index is 0.0338. The lowest BCUT2D eigenvalue weighted by atomic mass is 10.1. The number of rotatable bonds is 3. The van der Waals surface area contributed by atoms with Gasteiger partial charge in [0.05, 0.1) is 15.6 Å². The number of carbonyl (C=O) groups is 3. The topological polar surface area (TPSA) is 60.9 Å². The zero-order valence-electron chi connectivity index (χ0n) is 18.0. The molecule has 6 nitrogen and oxygen atoms in total. The zero-order valence-corrected chi connectivity index (χ0v) is 19.5. The molecule has 0 aliphatic carbocycles. The first-order valence-electron chi connectivity index (χ1n) is 11.0. The second kappa shape index (κ2) is 10.1. The summed E-state index contributed by atoms with van der Waals surface area (Å²) in [5, 5.41) is 0.651. The molecule has 0 bridgehead atoms. The number of carbonyl (C=O) groups excluding carboxylic acids is 3. The molecule has 174 valence electrons. The summed E-state index contributed by atoms with van der Waals surface area (Å²) >= 11 is 12.0. The molecule has 2 heterocycles. The maximum atomic E-state index is 14.0. The van der Waals surface area contributed by atoms with Crippen LogP contribution in [0.1, 0.15) is 40.0 Å². The van der Waals surface area contributed by atoms with E-state index in [9.17, 15) is 18.8 Å². The molecule has 0 N–H and O–H groups in total. The summed E-state index contributed by atoms with van der Waals surface area (Å²) in [7, 11) is 0. The molecular formula is C24H24Cl2FN3O3. The van der Waals surface area contributed by atoms with Crippen molar-refractivity contribution in [2.24, 2.45) is 0 Å². The summed E-state index contributed by atoms with van der Waals surface area (Å²) in [6, 6.07) is 10.0. The number of hydrogen-bond acceptors (Lipinski definition) is 3. The highest BCUT2D eigenvalue weighted by Gasteiger charge is 2.37. The van der Waals surface area contributed by atoms with Gasteiger partial charge in [0.15, 0.2) is 0 Å². The first kappa shape index (κ1) is 23.5. The van der Waals surface area contributed by atoms with Gasteiger partial charge in [-0.1, -0.05) is 35.3 Å². The van der Waals surface area contributed by atoms with E-state index in [1.807, 2.05) is 0 Å². The van der Waals surface area contributed by atoms with Crippen LogP contribution in [0.15, 0.2) is 42.5 Å². The molecule has 2 aromatic rings. The first-order valence-corrected chi connectivity index (χ1v) is 11.7. The number of likely N-dealkylation sites (tertiary alicyclic amines) is 1.